The molecule has 0 aromatic heterocycles. The van der Waals surface area contributed by atoms with Crippen molar-refractivity contribution in [2.24, 2.45) is 0 Å². The van der Waals surface area contributed by atoms with Crippen molar-refractivity contribution in [3.63, 3.8) is 0 Å². The fraction of sp³-hybridized carbons (Fsp3) is 0.906. The summed E-state index contributed by atoms with van der Waals surface area (Å²) in [5.41, 5.74) is 0. The Hall–Kier alpha value is -1.66. The zero-order chi connectivity index (χ0) is 50.7. The fourth-order valence-electron chi connectivity index (χ4n) is 9.91. The van der Waals surface area contributed by atoms with Gasteiger partial charge in [0.1, 0.15) is 0 Å². The first-order chi connectivity index (χ1) is 34.5. The lowest BCUT2D eigenvalue weighted by Crippen LogP contribution is -2.45. The number of hydrogen-bond donors (Lipinski definition) is 3. The molecule has 2 unspecified atom stereocenters. The van der Waals surface area contributed by atoms with Gasteiger partial charge in [0.25, 0.3) is 0 Å². The van der Waals surface area contributed by atoms with E-state index >= 15 is 0 Å². The minimum absolute atomic E-state index is 0.00137. The Morgan fingerprint density at radius 2 is 0.714 bits per heavy atom. The average molecular weight is 987 g/mol. The molecule has 0 radical (unpaired) electrons. The monoisotopic (exact) mass is 986 g/mol. The highest BCUT2D eigenvalue weighted by atomic mass is 16.5. The van der Waals surface area contributed by atoms with Crippen LogP contribution in [0.3, 0.4) is 0 Å². The number of carbonyl (C=O) groups is 2. The number of aliphatic hydroxyl groups excluding tert-OH is 2. The normalized spacial score (nSPS) is 12.7. The summed E-state index contributed by atoms with van der Waals surface area (Å²) in [6.07, 6.45) is 73.3. The maximum Gasteiger partial charge on any atom is 0.305 e. The lowest BCUT2D eigenvalue weighted by molar-refractivity contribution is -0.143. The number of rotatable bonds is 59. The first-order valence-electron chi connectivity index (χ1n) is 31.6. The highest BCUT2D eigenvalue weighted by molar-refractivity contribution is 5.76. The summed E-state index contributed by atoms with van der Waals surface area (Å²) in [6, 6.07) is -0.540. The van der Waals surface area contributed by atoms with Crippen LogP contribution in [0.25, 0.3) is 0 Å². The molecule has 0 heterocycles. The van der Waals surface area contributed by atoms with Crippen molar-refractivity contribution in [2.45, 2.75) is 360 Å². The number of amides is 1. The van der Waals surface area contributed by atoms with Crippen LogP contribution in [-0.2, 0) is 14.3 Å². The van der Waals surface area contributed by atoms with Gasteiger partial charge in [-0.1, -0.05) is 301 Å². The molecule has 0 aromatic carbocycles. The van der Waals surface area contributed by atoms with Gasteiger partial charge in [-0.15, -0.1) is 0 Å². The van der Waals surface area contributed by atoms with Crippen LogP contribution in [0.4, 0.5) is 0 Å². The molecule has 0 aliphatic heterocycles. The van der Waals surface area contributed by atoms with Crippen molar-refractivity contribution in [1.82, 2.24) is 5.32 Å². The second-order valence-corrected chi connectivity index (χ2v) is 21.7. The van der Waals surface area contributed by atoms with Crippen molar-refractivity contribution in [2.75, 3.05) is 13.2 Å². The van der Waals surface area contributed by atoms with Gasteiger partial charge in [0.05, 0.1) is 25.4 Å². The highest BCUT2D eigenvalue weighted by Crippen LogP contribution is 2.18. The van der Waals surface area contributed by atoms with E-state index in [9.17, 15) is 19.8 Å². The van der Waals surface area contributed by atoms with Crippen LogP contribution in [0.5, 0.6) is 0 Å². The molecular weight excluding hydrogens is 863 g/mol. The smallest absolute Gasteiger partial charge is 0.305 e. The number of aliphatic hydroxyl groups is 2. The van der Waals surface area contributed by atoms with Crippen LogP contribution in [0.1, 0.15) is 348 Å². The second kappa shape index (κ2) is 59.9. The van der Waals surface area contributed by atoms with E-state index in [1.54, 1.807) is 0 Å². The van der Waals surface area contributed by atoms with Gasteiger partial charge in [-0.25, -0.2) is 0 Å². The number of nitrogens with one attached hydrogen (secondary N) is 1. The second-order valence-electron chi connectivity index (χ2n) is 21.7. The predicted molar refractivity (Wildman–Crippen MR) is 306 cm³/mol. The summed E-state index contributed by atoms with van der Waals surface area (Å²) in [6.45, 7) is 4.95. The van der Waals surface area contributed by atoms with E-state index in [4.69, 9.17) is 4.74 Å². The van der Waals surface area contributed by atoms with Gasteiger partial charge in [0.2, 0.25) is 5.91 Å². The van der Waals surface area contributed by atoms with Crippen LogP contribution in [-0.4, -0.2) is 47.4 Å². The van der Waals surface area contributed by atoms with E-state index in [1.165, 1.54) is 263 Å². The van der Waals surface area contributed by atoms with Crippen molar-refractivity contribution >= 4 is 11.9 Å². The number of carbonyl (C=O) groups excluding carboxylic acids is 2. The molecule has 1 amide bonds. The Morgan fingerprint density at radius 3 is 1.10 bits per heavy atom. The maximum atomic E-state index is 12.5. The van der Waals surface area contributed by atoms with E-state index in [0.29, 0.717) is 25.9 Å². The third kappa shape index (κ3) is 55.7. The molecule has 0 saturated heterocycles. The Kier molecular flexibility index (Phi) is 58.5. The molecule has 0 fully saturated rings. The van der Waals surface area contributed by atoms with Crippen LogP contribution in [0, 0.1) is 0 Å². The molecule has 0 rings (SSSR count). The van der Waals surface area contributed by atoms with Crippen LogP contribution >= 0.6 is 0 Å². The summed E-state index contributed by atoms with van der Waals surface area (Å²) in [4.78, 5) is 24.5. The molecule has 6 nitrogen and oxygen atoms in total. The van der Waals surface area contributed by atoms with E-state index < -0.39 is 12.1 Å². The standard InChI is InChI=1S/C64H123NO5/c1-3-5-7-9-11-13-15-17-19-30-34-38-42-46-50-54-58-64(69)70-59-55-51-47-43-39-35-31-28-26-24-22-20-21-23-25-27-29-33-37-41-45-49-53-57-63(68)65-61(60-66)62(67)56-52-48-44-40-36-32-18-16-14-12-10-8-6-4-2/h13,15,19,30,61-62,66-67H,3-12,14,16-18,20-29,31-60H2,1-2H3,(H,65,68)/b15-13-,30-19-. The van der Waals surface area contributed by atoms with Crippen molar-refractivity contribution in [1.29, 1.82) is 0 Å². The molecule has 0 aliphatic carbocycles. The van der Waals surface area contributed by atoms with Crippen molar-refractivity contribution in [3.05, 3.63) is 24.3 Å². The molecular formula is C64H123NO5. The van der Waals surface area contributed by atoms with E-state index in [0.717, 1.165) is 51.4 Å². The largest absolute Gasteiger partial charge is 0.466 e. The Balaban J connectivity index is 3.37. The van der Waals surface area contributed by atoms with Gasteiger partial charge < -0.3 is 20.3 Å². The number of ether oxygens (including phenoxy) is 1. The third-order valence-electron chi connectivity index (χ3n) is 14.8. The highest BCUT2D eigenvalue weighted by Gasteiger charge is 2.20. The van der Waals surface area contributed by atoms with E-state index in [1.807, 2.05) is 0 Å². The van der Waals surface area contributed by atoms with Gasteiger partial charge in [0, 0.05) is 12.8 Å². The molecule has 6 heteroatoms. The maximum absolute atomic E-state index is 12.5. The topological polar surface area (TPSA) is 95.9 Å². The van der Waals surface area contributed by atoms with Crippen LogP contribution in [0.15, 0.2) is 24.3 Å². The number of hydrogen-bond acceptors (Lipinski definition) is 5. The summed E-state index contributed by atoms with van der Waals surface area (Å²) in [5.74, 6) is -0.0315. The molecule has 0 spiro atoms. The third-order valence-corrected chi connectivity index (χ3v) is 14.8. The Labute approximate surface area is 437 Å². The van der Waals surface area contributed by atoms with Crippen LogP contribution < -0.4 is 5.32 Å². The van der Waals surface area contributed by atoms with E-state index in [-0.39, 0.29) is 18.5 Å². The molecule has 0 aromatic rings. The summed E-state index contributed by atoms with van der Waals surface area (Å²) < 4.78 is 5.48. The molecule has 414 valence electrons. The number of allylic oxidation sites excluding steroid dienone is 4. The zero-order valence-corrected chi connectivity index (χ0v) is 47.3. The molecule has 0 bridgehead atoms. The summed E-state index contributed by atoms with van der Waals surface area (Å²) >= 11 is 0. The van der Waals surface area contributed by atoms with Crippen molar-refractivity contribution in [3.8, 4) is 0 Å². The number of unbranched alkanes of at least 4 members (excludes halogenated alkanes) is 44. The number of esters is 1. The first kappa shape index (κ1) is 68.3. The lowest BCUT2D eigenvalue weighted by atomic mass is 10.0. The van der Waals surface area contributed by atoms with Crippen LogP contribution in [0.2, 0.25) is 0 Å². The quantitative estimate of drug-likeness (QED) is 0.0321. The van der Waals surface area contributed by atoms with E-state index in [2.05, 4.69) is 43.5 Å². The predicted octanol–water partition coefficient (Wildman–Crippen LogP) is 19.8. The summed E-state index contributed by atoms with van der Waals surface area (Å²) in [5, 5.41) is 23.3. The lowest BCUT2D eigenvalue weighted by Gasteiger charge is -2.22. The van der Waals surface area contributed by atoms with Gasteiger partial charge in [-0.2, -0.15) is 0 Å². The van der Waals surface area contributed by atoms with Gasteiger partial charge in [-0.05, 0) is 57.8 Å². The summed E-state index contributed by atoms with van der Waals surface area (Å²) in [7, 11) is 0. The average Bonchev–Trinajstić information content (AvgIpc) is 3.36. The molecule has 0 aliphatic rings. The molecule has 0 saturated carbocycles. The van der Waals surface area contributed by atoms with Crippen molar-refractivity contribution < 1.29 is 24.5 Å². The van der Waals surface area contributed by atoms with Gasteiger partial charge in [0.15, 0.2) is 0 Å². The molecule has 70 heavy (non-hydrogen) atoms. The SMILES string of the molecule is CCCCCC/C=C\C/C=C\CCCCCCCC(=O)OCCCCCCCCCCCCCCCCCCCCCCCCCC(=O)NC(CO)C(O)CCCCCCCCCCCCCCCC. The first-order valence-corrected chi connectivity index (χ1v) is 31.6. The minimum Gasteiger partial charge on any atom is -0.466 e. The Morgan fingerprint density at radius 1 is 0.400 bits per heavy atom. The van der Waals surface area contributed by atoms with Gasteiger partial charge >= 0.3 is 5.97 Å². The van der Waals surface area contributed by atoms with Gasteiger partial charge in [-0.3, -0.25) is 9.59 Å². The molecule has 3 N–H and O–H groups in total. The molecule has 2 atom stereocenters. The minimum atomic E-state index is -0.663. The fourth-order valence-corrected chi connectivity index (χ4v) is 9.91. The zero-order valence-electron chi connectivity index (χ0n) is 47.3. The Bertz CT molecular complexity index is 1090.